The largest absolute Gasteiger partial charge is 0.411 e. The zero-order valence-electron chi connectivity index (χ0n) is 8.43. The third-order valence-electron chi connectivity index (χ3n) is 2.25. The zero-order valence-corrected chi connectivity index (χ0v) is 9.43. The molecule has 0 fully saturated rings. The second kappa shape index (κ2) is 6.40. The number of methoxy groups -OCH3 is 1. The van der Waals surface area contributed by atoms with Crippen LogP contribution in [0.2, 0.25) is 12.1 Å². The molecule has 0 aromatic heterocycles. The summed E-state index contributed by atoms with van der Waals surface area (Å²) in [6, 6.07) is 2.22. The smallest absolute Gasteiger partial charge is 0.216 e. The first-order chi connectivity index (χ1) is 5.74. The highest BCUT2D eigenvalue weighted by Gasteiger charge is 2.26. The Morgan fingerprint density at radius 3 is 2.17 bits per heavy atom. The predicted octanol–water partition coefficient (Wildman–Crippen LogP) is 2.36. The lowest BCUT2D eigenvalue weighted by Gasteiger charge is -2.24. The maximum atomic E-state index is 5.81. The maximum absolute atomic E-state index is 5.81. The van der Waals surface area contributed by atoms with E-state index in [9.17, 15) is 0 Å². The number of rotatable bonds is 7. The van der Waals surface area contributed by atoms with Crippen molar-refractivity contribution >= 4 is 8.32 Å². The van der Waals surface area contributed by atoms with Crippen molar-refractivity contribution < 1.29 is 9.16 Å². The molecule has 0 aromatic rings. The van der Waals surface area contributed by atoms with Gasteiger partial charge >= 0.3 is 0 Å². The Hall–Kier alpha value is -0.123. The maximum Gasteiger partial charge on any atom is 0.216 e. The molecule has 0 bridgehead atoms. The Morgan fingerprint density at radius 2 is 1.83 bits per heavy atom. The van der Waals surface area contributed by atoms with Gasteiger partial charge in [0.05, 0.1) is 13.2 Å². The van der Waals surface area contributed by atoms with Gasteiger partial charge in [0.1, 0.15) is 0 Å². The minimum absolute atomic E-state index is 0.683. The molecule has 0 saturated carbocycles. The number of hydrogen-bond acceptors (Lipinski definition) is 2. The summed E-state index contributed by atoms with van der Waals surface area (Å²) in [5.74, 6) is 0. The highest BCUT2D eigenvalue weighted by molar-refractivity contribution is 6.78. The summed E-state index contributed by atoms with van der Waals surface area (Å²) in [5, 5.41) is 0. The first-order valence-corrected chi connectivity index (χ1v) is 6.91. The van der Waals surface area contributed by atoms with Crippen molar-refractivity contribution in [2.24, 2.45) is 0 Å². The lowest BCUT2D eigenvalue weighted by Crippen LogP contribution is -2.35. The van der Waals surface area contributed by atoms with E-state index in [1.165, 1.54) is 0 Å². The van der Waals surface area contributed by atoms with Crippen LogP contribution in [0.4, 0.5) is 0 Å². The molecule has 0 aliphatic carbocycles. The lowest BCUT2D eigenvalue weighted by molar-refractivity contribution is 0.142. The molecule has 0 aliphatic heterocycles. The third kappa shape index (κ3) is 3.52. The Bertz CT molecular complexity index is 122. The van der Waals surface area contributed by atoms with E-state index in [0.29, 0.717) is 13.2 Å². The van der Waals surface area contributed by atoms with Crippen LogP contribution < -0.4 is 0 Å². The number of hydrogen-bond donors (Lipinski definition) is 0. The average molecular weight is 188 g/mol. The van der Waals surface area contributed by atoms with Crippen LogP contribution in [0.1, 0.15) is 13.8 Å². The Morgan fingerprint density at radius 1 is 1.25 bits per heavy atom. The van der Waals surface area contributed by atoms with Gasteiger partial charge in [0, 0.05) is 7.11 Å². The zero-order chi connectivity index (χ0) is 9.45. The topological polar surface area (TPSA) is 18.5 Å². The van der Waals surface area contributed by atoms with Crippen molar-refractivity contribution in [3.63, 3.8) is 0 Å². The minimum atomic E-state index is -1.57. The average Bonchev–Trinajstić information content (AvgIpc) is 2.14. The summed E-state index contributed by atoms with van der Waals surface area (Å²) >= 11 is 0. The summed E-state index contributed by atoms with van der Waals surface area (Å²) in [6.07, 6.45) is 0. The van der Waals surface area contributed by atoms with E-state index in [2.05, 4.69) is 20.4 Å². The minimum Gasteiger partial charge on any atom is -0.411 e. The Kier molecular flexibility index (Phi) is 6.33. The fraction of sp³-hybridized carbons (Fsp3) is 0.778. The third-order valence-corrected chi connectivity index (χ3v) is 6.16. The molecule has 0 N–H and O–H groups in total. The molecule has 2 nitrogen and oxygen atoms in total. The van der Waals surface area contributed by atoms with E-state index >= 15 is 0 Å². The van der Waals surface area contributed by atoms with E-state index in [-0.39, 0.29) is 0 Å². The molecule has 0 radical (unpaired) electrons. The van der Waals surface area contributed by atoms with E-state index in [1.54, 1.807) is 7.11 Å². The van der Waals surface area contributed by atoms with E-state index in [0.717, 1.165) is 12.1 Å². The van der Waals surface area contributed by atoms with Crippen molar-refractivity contribution in [3.8, 4) is 0 Å². The summed E-state index contributed by atoms with van der Waals surface area (Å²) < 4.78 is 10.7. The quantitative estimate of drug-likeness (QED) is 0.451. The van der Waals surface area contributed by atoms with Crippen LogP contribution in [0.25, 0.3) is 0 Å². The summed E-state index contributed by atoms with van der Waals surface area (Å²) in [6.45, 7) is 9.58. The highest BCUT2D eigenvalue weighted by Crippen LogP contribution is 2.17. The van der Waals surface area contributed by atoms with Crippen molar-refractivity contribution in [2.75, 3.05) is 20.3 Å². The SMILES string of the molecule is C=C[Si](CC)(CC)OCCOC. The molecule has 0 rings (SSSR count). The Balaban J connectivity index is 3.84. The predicted molar refractivity (Wildman–Crippen MR) is 54.7 cm³/mol. The van der Waals surface area contributed by atoms with E-state index < -0.39 is 8.32 Å². The van der Waals surface area contributed by atoms with Gasteiger partial charge in [-0.05, 0) is 12.1 Å². The monoisotopic (exact) mass is 188 g/mol. The molecule has 0 amide bonds. The fourth-order valence-electron chi connectivity index (χ4n) is 1.13. The molecule has 0 aliphatic rings. The molecule has 0 unspecified atom stereocenters. The van der Waals surface area contributed by atoms with Gasteiger partial charge in [0.15, 0.2) is 0 Å². The molecule has 0 heterocycles. The molecule has 0 atom stereocenters. The second-order valence-corrected chi connectivity index (χ2v) is 7.06. The van der Waals surface area contributed by atoms with Crippen molar-refractivity contribution in [2.45, 2.75) is 25.9 Å². The van der Waals surface area contributed by atoms with Crippen LogP contribution in [-0.2, 0) is 9.16 Å². The van der Waals surface area contributed by atoms with Crippen LogP contribution in [-0.4, -0.2) is 28.6 Å². The van der Waals surface area contributed by atoms with Crippen LogP contribution >= 0.6 is 0 Å². The first kappa shape index (κ1) is 11.9. The van der Waals surface area contributed by atoms with E-state index in [4.69, 9.17) is 9.16 Å². The second-order valence-electron chi connectivity index (χ2n) is 2.82. The van der Waals surface area contributed by atoms with Crippen molar-refractivity contribution in [3.05, 3.63) is 12.3 Å². The van der Waals surface area contributed by atoms with Crippen molar-refractivity contribution in [1.82, 2.24) is 0 Å². The van der Waals surface area contributed by atoms with E-state index in [1.807, 2.05) is 5.70 Å². The molecule has 12 heavy (non-hydrogen) atoms. The number of ether oxygens (including phenoxy) is 1. The van der Waals surface area contributed by atoms with Gasteiger partial charge in [-0.15, -0.1) is 6.58 Å². The van der Waals surface area contributed by atoms with Gasteiger partial charge in [0.25, 0.3) is 0 Å². The van der Waals surface area contributed by atoms with Gasteiger partial charge in [-0.2, -0.15) is 0 Å². The molecule has 3 heteroatoms. The highest BCUT2D eigenvalue weighted by atomic mass is 28.4. The fourth-order valence-corrected chi connectivity index (χ4v) is 3.22. The van der Waals surface area contributed by atoms with Gasteiger partial charge in [0.2, 0.25) is 8.32 Å². The normalized spacial score (nSPS) is 11.6. The van der Waals surface area contributed by atoms with Crippen LogP contribution in [0.15, 0.2) is 12.3 Å². The van der Waals surface area contributed by atoms with Crippen LogP contribution in [0.5, 0.6) is 0 Å². The Labute approximate surface area is 76.7 Å². The molecule has 0 aromatic carbocycles. The summed E-state index contributed by atoms with van der Waals surface area (Å²) in [5.41, 5.74) is 2.03. The van der Waals surface area contributed by atoms with Crippen molar-refractivity contribution in [1.29, 1.82) is 0 Å². The van der Waals surface area contributed by atoms with Gasteiger partial charge in [-0.3, -0.25) is 0 Å². The summed E-state index contributed by atoms with van der Waals surface area (Å²) in [7, 11) is 0.122. The summed E-state index contributed by atoms with van der Waals surface area (Å²) in [4.78, 5) is 0. The first-order valence-electron chi connectivity index (χ1n) is 4.51. The lowest BCUT2D eigenvalue weighted by atomic mass is 10.8. The van der Waals surface area contributed by atoms with Gasteiger partial charge in [-0.25, -0.2) is 0 Å². The molecular weight excluding hydrogens is 168 g/mol. The molecule has 72 valence electrons. The standard InChI is InChI=1S/C9H20O2Si/c1-5-12(6-2,7-3)11-9-8-10-4/h5H,1,6-9H2,2-4H3. The van der Waals surface area contributed by atoms with Crippen LogP contribution in [0.3, 0.4) is 0 Å². The molecule has 0 saturated heterocycles. The molecule has 0 spiro atoms. The van der Waals surface area contributed by atoms with Crippen LogP contribution in [0, 0.1) is 0 Å². The van der Waals surface area contributed by atoms with Gasteiger partial charge < -0.3 is 9.16 Å². The molecular formula is C9H20O2Si. The van der Waals surface area contributed by atoms with Gasteiger partial charge in [-0.1, -0.05) is 19.5 Å².